The number of fused-ring (bicyclic) bond motifs is 11. The van der Waals surface area contributed by atoms with Gasteiger partial charge in [0.25, 0.3) is 0 Å². The van der Waals surface area contributed by atoms with Crippen molar-refractivity contribution in [3.8, 4) is 39.9 Å². The number of benzene rings is 9. The van der Waals surface area contributed by atoms with Gasteiger partial charge in [-0.15, -0.1) is 0 Å². The van der Waals surface area contributed by atoms with Gasteiger partial charge in [-0.2, -0.15) is 9.97 Å². The van der Waals surface area contributed by atoms with Crippen LogP contribution in [-0.4, -0.2) is 24.5 Å². The fraction of sp³-hybridized carbons (Fsp3) is 0.0526. The van der Waals surface area contributed by atoms with Crippen LogP contribution in [0.2, 0.25) is 0 Å². The summed E-state index contributed by atoms with van der Waals surface area (Å²) in [6.07, 6.45) is 3.07. The monoisotopic (exact) mass is 809 g/mol. The molecule has 6 heteroatoms. The summed E-state index contributed by atoms with van der Waals surface area (Å²) in [5.41, 5.74) is 8.54. The molecule has 0 spiro atoms. The summed E-state index contributed by atoms with van der Waals surface area (Å²) in [7, 11) is 0. The molecule has 0 bridgehead atoms. The van der Waals surface area contributed by atoms with E-state index in [-0.39, 0.29) is 0 Å². The van der Waals surface area contributed by atoms with Crippen molar-refractivity contribution in [2.45, 2.75) is 20.3 Å². The van der Waals surface area contributed by atoms with E-state index in [0.29, 0.717) is 17.6 Å². The lowest BCUT2D eigenvalue weighted by atomic mass is 9.99. The van der Waals surface area contributed by atoms with E-state index < -0.39 is 0 Å². The average Bonchev–Trinajstić information content (AvgIpc) is 3.88. The molecule has 4 heterocycles. The Hall–Kier alpha value is -8.22. The molecule has 0 fully saturated rings. The van der Waals surface area contributed by atoms with Gasteiger partial charge in [0, 0.05) is 49.8 Å². The number of nitrogens with zero attached hydrogens (tertiary/aromatic N) is 5. The predicted octanol–water partition coefficient (Wildman–Crippen LogP) is 15.3. The highest BCUT2D eigenvalue weighted by Crippen LogP contribution is 2.42. The highest BCUT2D eigenvalue weighted by Gasteiger charge is 2.22. The van der Waals surface area contributed by atoms with Gasteiger partial charge in [-0.25, -0.2) is 4.98 Å². The van der Waals surface area contributed by atoms with Crippen LogP contribution in [0.25, 0.3) is 127 Å². The molecule has 0 unspecified atom stereocenters. The fourth-order valence-electron chi connectivity index (χ4n) is 9.17. The van der Waals surface area contributed by atoms with Crippen LogP contribution in [-0.2, 0) is 0 Å². The molecule has 4 aromatic heterocycles. The summed E-state index contributed by atoms with van der Waals surface area (Å²) in [5, 5.41) is 12.4. The first kappa shape index (κ1) is 36.6. The lowest BCUT2D eigenvalue weighted by Crippen LogP contribution is -2.07. The van der Waals surface area contributed by atoms with E-state index in [0.717, 1.165) is 93.1 Å². The summed E-state index contributed by atoms with van der Waals surface area (Å²) >= 11 is 0. The van der Waals surface area contributed by atoms with Gasteiger partial charge in [-0.1, -0.05) is 142 Å². The van der Waals surface area contributed by atoms with Crippen molar-refractivity contribution in [3.05, 3.63) is 188 Å². The van der Waals surface area contributed by atoms with Crippen molar-refractivity contribution in [2.24, 2.45) is 0 Å². The Bertz CT molecular complexity index is 3840. The van der Waals surface area contributed by atoms with Gasteiger partial charge in [-0.05, 0) is 98.5 Å². The van der Waals surface area contributed by atoms with Crippen LogP contribution in [0.5, 0.6) is 0 Å². The lowest BCUT2D eigenvalue weighted by molar-refractivity contribution is 0.669. The van der Waals surface area contributed by atoms with Gasteiger partial charge in [0.2, 0.25) is 5.95 Å². The second kappa shape index (κ2) is 14.8. The summed E-state index contributed by atoms with van der Waals surface area (Å²) < 4.78 is 8.84. The molecule has 6 nitrogen and oxygen atoms in total. The Balaban J connectivity index is 0.00000137. The van der Waals surface area contributed by atoms with Gasteiger partial charge >= 0.3 is 0 Å². The van der Waals surface area contributed by atoms with Crippen LogP contribution in [0, 0.1) is 0 Å². The van der Waals surface area contributed by atoms with Gasteiger partial charge in [0.1, 0.15) is 11.2 Å². The molecule has 0 saturated heterocycles. The van der Waals surface area contributed by atoms with Crippen molar-refractivity contribution in [3.63, 3.8) is 0 Å². The topological polar surface area (TPSA) is 69.6 Å². The van der Waals surface area contributed by atoms with Gasteiger partial charge < -0.3 is 4.42 Å². The Kier molecular flexibility index (Phi) is 8.57. The van der Waals surface area contributed by atoms with Crippen LogP contribution in [0.15, 0.2) is 193 Å². The molecule has 9 aromatic carbocycles. The van der Waals surface area contributed by atoms with Crippen LogP contribution < -0.4 is 0 Å². The molecule has 0 N–H and O–H groups in total. The Morgan fingerprint density at radius 3 is 1.89 bits per heavy atom. The average molecular weight is 810 g/mol. The molecule has 0 aliphatic heterocycles. The minimum Gasteiger partial charge on any atom is -0.456 e. The van der Waals surface area contributed by atoms with Gasteiger partial charge in [0.15, 0.2) is 11.6 Å². The zero-order chi connectivity index (χ0) is 42.0. The zero-order valence-electron chi connectivity index (χ0n) is 34.7. The highest BCUT2D eigenvalue weighted by molar-refractivity contribution is 6.20. The van der Waals surface area contributed by atoms with Crippen LogP contribution in [0.3, 0.4) is 0 Å². The van der Waals surface area contributed by atoms with Crippen molar-refractivity contribution in [1.82, 2.24) is 24.5 Å². The zero-order valence-corrected chi connectivity index (χ0v) is 34.7. The number of hydrogen-bond acceptors (Lipinski definition) is 5. The maximum Gasteiger partial charge on any atom is 0.238 e. The molecule has 0 aliphatic carbocycles. The number of furan rings is 1. The summed E-state index contributed by atoms with van der Waals surface area (Å²) in [4.78, 5) is 20.5. The second-order valence-corrected chi connectivity index (χ2v) is 16.2. The van der Waals surface area contributed by atoms with Crippen molar-refractivity contribution < 1.29 is 4.42 Å². The molecule has 0 amide bonds. The number of hydrogen-bond donors (Lipinski definition) is 0. The molecule has 0 aliphatic rings. The van der Waals surface area contributed by atoms with E-state index in [2.05, 4.69) is 193 Å². The van der Waals surface area contributed by atoms with Crippen LogP contribution >= 0.6 is 0 Å². The molecule has 0 saturated carbocycles. The molecule has 13 rings (SSSR count). The maximum absolute atomic E-state index is 6.61. The van der Waals surface area contributed by atoms with E-state index in [1.807, 2.05) is 18.3 Å². The first-order valence-corrected chi connectivity index (χ1v) is 21.5. The second-order valence-electron chi connectivity index (χ2n) is 16.2. The first-order chi connectivity index (χ1) is 31.1. The molecular weight excluding hydrogens is 771 g/mol. The molecule has 0 atom stereocenters. The van der Waals surface area contributed by atoms with E-state index >= 15 is 0 Å². The fourth-order valence-corrected chi connectivity index (χ4v) is 9.17. The normalized spacial score (nSPS) is 11.7. The van der Waals surface area contributed by atoms with Crippen LogP contribution in [0.4, 0.5) is 0 Å². The molecule has 0 radical (unpaired) electrons. The number of pyridine rings is 1. The maximum atomic E-state index is 6.61. The minimum atomic E-state index is 0.536. The van der Waals surface area contributed by atoms with Crippen molar-refractivity contribution in [2.75, 3.05) is 0 Å². The Morgan fingerprint density at radius 1 is 0.444 bits per heavy atom. The van der Waals surface area contributed by atoms with E-state index in [1.165, 1.54) is 22.6 Å². The van der Waals surface area contributed by atoms with Crippen LogP contribution in [0.1, 0.15) is 20.3 Å². The summed E-state index contributed by atoms with van der Waals surface area (Å²) in [5.74, 6) is 1.71. The number of rotatable bonds is 4. The standard InChI is InChI=1S/C54H31N5O.C3H8/c1-2-11-34-27-39(19-18-32(34)9-1)52-56-53(40-21-24-46-38(28-40)14-8-26-55-46)58-54(57-52)59-47-30-36-13-4-3-12-35(36)29-45(47)43-17-7-16-42(51(43)59)37-20-23-44-49(31-37)60-48-25-22-33-10-5-6-15-41(33)50(44)48;1-3-2/h1-31H;3H2,1-2H3. The molecule has 13 aromatic rings. The Morgan fingerprint density at radius 2 is 1.08 bits per heavy atom. The van der Waals surface area contributed by atoms with E-state index in [1.54, 1.807) is 0 Å². The number of para-hydroxylation sites is 1. The third kappa shape index (κ3) is 6.10. The lowest BCUT2D eigenvalue weighted by Gasteiger charge is -2.13. The number of aromatic nitrogens is 5. The van der Waals surface area contributed by atoms with Gasteiger partial charge in [0.05, 0.1) is 16.6 Å². The van der Waals surface area contributed by atoms with Crippen molar-refractivity contribution >= 4 is 87.0 Å². The van der Waals surface area contributed by atoms with E-state index in [9.17, 15) is 0 Å². The highest BCUT2D eigenvalue weighted by atomic mass is 16.3. The predicted molar refractivity (Wildman–Crippen MR) is 262 cm³/mol. The Labute approximate surface area is 362 Å². The molecule has 298 valence electrons. The van der Waals surface area contributed by atoms with Crippen molar-refractivity contribution in [1.29, 1.82) is 0 Å². The summed E-state index contributed by atoms with van der Waals surface area (Å²) in [6, 6.07) is 64.0. The third-order valence-electron chi connectivity index (χ3n) is 12.0. The molecule has 63 heavy (non-hydrogen) atoms. The first-order valence-electron chi connectivity index (χ1n) is 21.5. The smallest absolute Gasteiger partial charge is 0.238 e. The minimum absolute atomic E-state index is 0.536. The third-order valence-corrected chi connectivity index (χ3v) is 12.0. The summed E-state index contributed by atoms with van der Waals surface area (Å²) in [6.45, 7) is 4.25. The largest absolute Gasteiger partial charge is 0.456 e. The quantitative estimate of drug-likeness (QED) is 0.177. The van der Waals surface area contributed by atoms with Gasteiger partial charge in [-0.3, -0.25) is 9.55 Å². The SMILES string of the molecule is CCC.c1ccc2cc(-c3nc(-c4ccc5ncccc5c4)nc(-n4c5cc6ccccc6cc5c5cccc(-c6ccc7c(c6)oc6ccc8ccccc8c67)c54)n3)ccc2c1. The molecular formula is C57H39N5O. The van der Waals surface area contributed by atoms with E-state index in [4.69, 9.17) is 19.4 Å².